The van der Waals surface area contributed by atoms with Gasteiger partial charge in [0.2, 0.25) is 0 Å². The van der Waals surface area contributed by atoms with Crippen LogP contribution >= 0.6 is 11.6 Å². The first kappa shape index (κ1) is 21.2. The molecule has 160 valence electrons. The summed E-state index contributed by atoms with van der Waals surface area (Å²) in [4.78, 5) is 28.2. The molecule has 6 nitrogen and oxygen atoms in total. The topological polar surface area (TPSA) is 71.0 Å². The number of hydrogen-bond donors (Lipinski definition) is 1. The lowest BCUT2D eigenvalue weighted by atomic mass is 9.89. The number of piperidine rings is 1. The van der Waals surface area contributed by atoms with Crippen LogP contribution in [-0.2, 0) is 0 Å². The smallest absolute Gasteiger partial charge is 0.254 e. The van der Waals surface area contributed by atoms with E-state index in [1.54, 1.807) is 30.7 Å². The monoisotopic (exact) mass is 439 g/mol. The first-order valence-electron chi connectivity index (χ1n) is 10.3. The molecule has 4 rings (SSSR count). The Bertz CT molecular complexity index is 1050. The van der Waals surface area contributed by atoms with E-state index in [9.17, 15) is 9.18 Å². The molecule has 3 aromatic rings. The Hall–Kier alpha value is -3.06. The molecule has 1 amide bonds. The third-order valence-electron chi connectivity index (χ3n) is 5.61. The van der Waals surface area contributed by atoms with Crippen LogP contribution < -0.4 is 5.32 Å². The maximum absolute atomic E-state index is 14.0. The fraction of sp³-hybridized carbons (Fsp3) is 0.304. The van der Waals surface area contributed by atoms with E-state index in [0.717, 1.165) is 12.8 Å². The summed E-state index contributed by atoms with van der Waals surface area (Å²) in [5.41, 5.74) is 0.797. The molecule has 8 heteroatoms. The predicted molar refractivity (Wildman–Crippen MR) is 118 cm³/mol. The van der Waals surface area contributed by atoms with Crippen molar-refractivity contribution < 1.29 is 9.18 Å². The van der Waals surface area contributed by atoms with Crippen LogP contribution in [0.1, 0.15) is 30.1 Å². The molecule has 1 unspecified atom stereocenters. The normalized spacial score (nSPS) is 18.6. The fourth-order valence-electron chi connectivity index (χ4n) is 3.98. The van der Waals surface area contributed by atoms with Crippen molar-refractivity contribution in [2.45, 2.75) is 25.8 Å². The zero-order valence-electron chi connectivity index (χ0n) is 17.1. The van der Waals surface area contributed by atoms with Crippen LogP contribution in [0.3, 0.4) is 0 Å². The van der Waals surface area contributed by atoms with Crippen molar-refractivity contribution >= 4 is 23.3 Å². The SMILES string of the molecule is C[C@@H]1CCCN(C(=O)c2ccc(F)cc2-c2ncccn2)C1CNc1ccc(Cl)cn1. The molecular weight excluding hydrogens is 417 g/mol. The molecule has 0 saturated carbocycles. The maximum atomic E-state index is 14.0. The van der Waals surface area contributed by atoms with Gasteiger partial charge in [-0.1, -0.05) is 18.5 Å². The molecule has 0 spiro atoms. The molecule has 3 heterocycles. The molecule has 1 N–H and O–H groups in total. The van der Waals surface area contributed by atoms with Crippen LogP contribution in [0.2, 0.25) is 5.02 Å². The second kappa shape index (κ2) is 9.39. The van der Waals surface area contributed by atoms with Crippen LogP contribution in [0, 0.1) is 11.7 Å². The maximum Gasteiger partial charge on any atom is 0.254 e. The van der Waals surface area contributed by atoms with Crippen molar-refractivity contribution in [1.82, 2.24) is 19.9 Å². The Balaban J connectivity index is 1.61. The van der Waals surface area contributed by atoms with Gasteiger partial charge in [-0.3, -0.25) is 4.79 Å². The molecule has 0 bridgehead atoms. The summed E-state index contributed by atoms with van der Waals surface area (Å²) < 4.78 is 14.0. The highest BCUT2D eigenvalue weighted by atomic mass is 35.5. The summed E-state index contributed by atoms with van der Waals surface area (Å²) in [6.45, 7) is 3.34. The van der Waals surface area contributed by atoms with Gasteiger partial charge in [0, 0.05) is 37.2 Å². The zero-order chi connectivity index (χ0) is 21.8. The zero-order valence-corrected chi connectivity index (χ0v) is 17.9. The lowest BCUT2D eigenvalue weighted by molar-refractivity contribution is 0.0540. The Morgan fingerprint density at radius 3 is 2.77 bits per heavy atom. The van der Waals surface area contributed by atoms with Crippen LogP contribution in [0.15, 0.2) is 55.0 Å². The number of aromatic nitrogens is 3. The van der Waals surface area contributed by atoms with Gasteiger partial charge >= 0.3 is 0 Å². The van der Waals surface area contributed by atoms with Gasteiger partial charge in [-0.05, 0) is 55.2 Å². The lowest BCUT2D eigenvalue weighted by Gasteiger charge is -2.40. The molecule has 1 fully saturated rings. The Morgan fingerprint density at radius 1 is 1.23 bits per heavy atom. The minimum atomic E-state index is -0.432. The molecule has 1 aromatic carbocycles. The van der Waals surface area contributed by atoms with E-state index in [1.807, 2.05) is 11.0 Å². The van der Waals surface area contributed by atoms with Gasteiger partial charge in [0.15, 0.2) is 5.82 Å². The van der Waals surface area contributed by atoms with Crippen molar-refractivity contribution in [3.8, 4) is 11.4 Å². The molecule has 1 saturated heterocycles. The van der Waals surface area contributed by atoms with Gasteiger partial charge in [-0.25, -0.2) is 19.3 Å². The molecule has 31 heavy (non-hydrogen) atoms. The number of nitrogens with zero attached hydrogens (tertiary/aromatic N) is 4. The number of pyridine rings is 1. The molecule has 0 aliphatic carbocycles. The molecular formula is C23H23ClFN5O. The third kappa shape index (κ3) is 4.82. The third-order valence-corrected chi connectivity index (χ3v) is 5.84. The minimum Gasteiger partial charge on any atom is -0.368 e. The second-order valence-electron chi connectivity index (χ2n) is 7.69. The summed E-state index contributed by atoms with van der Waals surface area (Å²) in [5.74, 6) is 0.752. The van der Waals surface area contributed by atoms with E-state index in [0.29, 0.717) is 46.8 Å². The van der Waals surface area contributed by atoms with E-state index in [2.05, 4.69) is 27.2 Å². The molecule has 2 atom stereocenters. The average molecular weight is 440 g/mol. The molecule has 2 aromatic heterocycles. The van der Waals surface area contributed by atoms with Gasteiger partial charge in [0.05, 0.1) is 16.6 Å². The molecule has 0 radical (unpaired) electrons. The number of carbonyl (C=O) groups is 1. The van der Waals surface area contributed by atoms with Crippen LogP contribution in [0.4, 0.5) is 10.2 Å². The summed E-state index contributed by atoms with van der Waals surface area (Å²) in [7, 11) is 0. The molecule has 1 aliphatic rings. The first-order chi connectivity index (χ1) is 15.0. The number of anilines is 1. The van der Waals surface area contributed by atoms with E-state index < -0.39 is 5.82 Å². The van der Waals surface area contributed by atoms with Crippen molar-refractivity contribution in [3.05, 3.63) is 71.4 Å². The number of amides is 1. The highest BCUT2D eigenvalue weighted by Gasteiger charge is 2.33. The summed E-state index contributed by atoms with van der Waals surface area (Å²) >= 11 is 5.91. The summed E-state index contributed by atoms with van der Waals surface area (Å²) in [6, 6.07) is 9.38. The fourth-order valence-corrected chi connectivity index (χ4v) is 4.09. The average Bonchev–Trinajstić information content (AvgIpc) is 2.79. The van der Waals surface area contributed by atoms with Gasteiger partial charge in [0.1, 0.15) is 11.6 Å². The number of carbonyl (C=O) groups excluding carboxylic acids is 1. The number of nitrogens with one attached hydrogen (secondary N) is 1. The van der Waals surface area contributed by atoms with E-state index in [-0.39, 0.29) is 11.9 Å². The van der Waals surface area contributed by atoms with Gasteiger partial charge in [-0.15, -0.1) is 0 Å². The number of benzene rings is 1. The van der Waals surface area contributed by atoms with Gasteiger partial charge < -0.3 is 10.2 Å². The Morgan fingerprint density at radius 2 is 2.03 bits per heavy atom. The van der Waals surface area contributed by atoms with E-state index in [4.69, 9.17) is 11.6 Å². The number of hydrogen-bond acceptors (Lipinski definition) is 5. The number of halogens is 2. The van der Waals surface area contributed by atoms with Gasteiger partial charge in [-0.2, -0.15) is 0 Å². The highest BCUT2D eigenvalue weighted by molar-refractivity contribution is 6.30. The van der Waals surface area contributed by atoms with E-state index >= 15 is 0 Å². The first-order valence-corrected chi connectivity index (χ1v) is 10.6. The predicted octanol–water partition coefficient (Wildman–Crippen LogP) is 4.68. The summed E-state index contributed by atoms with van der Waals surface area (Å²) in [6.07, 6.45) is 6.69. The van der Waals surface area contributed by atoms with E-state index in [1.165, 1.54) is 18.2 Å². The second-order valence-corrected chi connectivity index (χ2v) is 8.13. The standard InChI is InChI=1S/C23H23ClFN5O/c1-15-4-2-11-30(20(15)14-29-21-8-5-16(24)13-28-21)23(31)18-7-6-17(25)12-19(18)22-26-9-3-10-27-22/h3,5-10,12-13,15,20H,2,4,11,14H2,1H3,(H,28,29)/t15-,20?/m1/s1. The van der Waals surface area contributed by atoms with Crippen molar-refractivity contribution in [1.29, 1.82) is 0 Å². The number of likely N-dealkylation sites (tertiary alicyclic amines) is 1. The highest BCUT2D eigenvalue weighted by Crippen LogP contribution is 2.29. The Labute approximate surface area is 185 Å². The number of rotatable bonds is 5. The molecule has 1 aliphatic heterocycles. The van der Waals surface area contributed by atoms with Crippen molar-refractivity contribution in [2.75, 3.05) is 18.4 Å². The summed E-state index contributed by atoms with van der Waals surface area (Å²) in [5, 5.41) is 3.89. The van der Waals surface area contributed by atoms with Crippen LogP contribution in [-0.4, -0.2) is 44.9 Å². The van der Waals surface area contributed by atoms with Gasteiger partial charge in [0.25, 0.3) is 5.91 Å². The quantitative estimate of drug-likeness (QED) is 0.624. The minimum absolute atomic E-state index is 0.0340. The largest absolute Gasteiger partial charge is 0.368 e. The van der Waals surface area contributed by atoms with Crippen LogP contribution in [0.25, 0.3) is 11.4 Å². The van der Waals surface area contributed by atoms with Crippen molar-refractivity contribution in [3.63, 3.8) is 0 Å². The lowest BCUT2D eigenvalue weighted by Crippen LogP contribution is -2.51. The Kier molecular flexibility index (Phi) is 6.42. The van der Waals surface area contributed by atoms with Crippen LogP contribution in [0.5, 0.6) is 0 Å². The van der Waals surface area contributed by atoms with Crippen molar-refractivity contribution in [2.24, 2.45) is 5.92 Å².